The summed E-state index contributed by atoms with van der Waals surface area (Å²) in [7, 11) is 0. The van der Waals surface area contributed by atoms with Crippen LogP contribution in [0.25, 0.3) is 0 Å². The van der Waals surface area contributed by atoms with Crippen molar-refractivity contribution in [2.75, 3.05) is 6.54 Å². The normalized spacial score (nSPS) is 12.4. The van der Waals surface area contributed by atoms with Crippen LogP contribution in [0.4, 0.5) is 0 Å². The van der Waals surface area contributed by atoms with Gasteiger partial charge >= 0.3 is 0 Å². The minimum absolute atomic E-state index is 0.404. The van der Waals surface area contributed by atoms with Gasteiger partial charge in [-0.3, -0.25) is 0 Å². The summed E-state index contributed by atoms with van der Waals surface area (Å²) in [5.74, 6) is 0.404. The Hall–Kier alpha value is -1.60. The number of aryl methyl sites for hydroxylation is 3. The molecule has 0 aliphatic carbocycles. The lowest BCUT2D eigenvalue weighted by Crippen LogP contribution is -2.15. The van der Waals surface area contributed by atoms with Crippen LogP contribution in [0.1, 0.15) is 33.7 Å². The molecule has 0 fully saturated rings. The van der Waals surface area contributed by atoms with Crippen LogP contribution in [0.2, 0.25) is 0 Å². The number of hydrogen-bond acceptors (Lipinski definition) is 1. The van der Waals surface area contributed by atoms with Gasteiger partial charge in [0.1, 0.15) is 0 Å². The summed E-state index contributed by atoms with van der Waals surface area (Å²) in [5.41, 5.74) is 12.6. The second-order valence-corrected chi connectivity index (χ2v) is 5.54. The molecular weight excluding hydrogens is 230 g/mol. The van der Waals surface area contributed by atoms with Gasteiger partial charge in [0.05, 0.1) is 0 Å². The molecule has 1 nitrogen and oxygen atoms in total. The van der Waals surface area contributed by atoms with Gasteiger partial charge in [-0.1, -0.05) is 59.2 Å². The molecule has 2 aromatic rings. The number of hydrogen-bond donors (Lipinski definition) is 1. The van der Waals surface area contributed by atoms with Crippen LogP contribution in [0, 0.1) is 20.8 Å². The van der Waals surface area contributed by atoms with Gasteiger partial charge in [-0.2, -0.15) is 0 Å². The second kappa shape index (κ2) is 6.03. The van der Waals surface area contributed by atoms with Crippen molar-refractivity contribution in [2.24, 2.45) is 5.73 Å². The highest BCUT2D eigenvalue weighted by atomic mass is 14.5. The van der Waals surface area contributed by atoms with Gasteiger partial charge in [-0.25, -0.2) is 0 Å². The third-order valence-corrected chi connectivity index (χ3v) is 3.60. The van der Waals surface area contributed by atoms with E-state index in [0.717, 1.165) is 6.42 Å². The van der Waals surface area contributed by atoms with E-state index in [9.17, 15) is 0 Å². The minimum Gasteiger partial charge on any atom is -0.330 e. The van der Waals surface area contributed by atoms with E-state index >= 15 is 0 Å². The molecule has 2 rings (SSSR count). The standard InChI is InChI=1S/C18H23N/c1-13-4-6-16(7-5-13)11-18(12-19)17-9-14(2)8-15(3)10-17/h4-10,18H,11-12,19H2,1-3H3. The topological polar surface area (TPSA) is 26.0 Å². The lowest BCUT2D eigenvalue weighted by molar-refractivity contribution is 0.693. The Kier molecular flexibility index (Phi) is 4.39. The first-order valence-electron chi connectivity index (χ1n) is 6.92. The lowest BCUT2D eigenvalue weighted by Gasteiger charge is -2.17. The van der Waals surface area contributed by atoms with Crippen LogP contribution in [0.15, 0.2) is 42.5 Å². The highest BCUT2D eigenvalue weighted by Gasteiger charge is 2.11. The van der Waals surface area contributed by atoms with Gasteiger partial charge in [0.2, 0.25) is 0 Å². The zero-order valence-corrected chi connectivity index (χ0v) is 12.1. The zero-order valence-electron chi connectivity index (χ0n) is 12.1. The summed E-state index contributed by atoms with van der Waals surface area (Å²) in [6.07, 6.45) is 1.01. The summed E-state index contributed by atoms with van der Waals surface area (Å²) >= 11 is 0. The number of benzene rings is 2. The maximum Gasteiger partial charge on any atom is 0.000177 e. The minimum atomic E-state index is 0.404. The summed E-state index contributed by atoms with van der Waals surface area (Å²) in [4.78, 5) is 0. The SMILES string of the molecule is Cc1ccc(CC(CN)c2cc(C)cc(C)c2)cc1. The Morgan fingerprint density at radius 1 is 0.842 bits per heavy atom. The fourth-order valence-electron chi connectivity index (χ4n) is 2.59. The molecule has 100 valence electrons. The van der Waals surface area contributed by atoms with E-state index in [2.05, 4.69) is 63.2 Å². The summed E-state index contributed by atoms with van der Waals surface area (Å²) < 4.78 is 0. The molecule has 1 atom stereocenters. The van der Waals surface area contributed by atoms with Crippen LogP contribution in [-0.4, -0.2) is 6.54 Å². The van der Waals surface area contributed by atoms with E-state index < -0.39 is 0 Å². The number of rotatable bonds is 4. The average molecular weight is 253 g/mol. The first-order valence-corrected chi connectivity index (χ1v) is 6.92. The van der Waals surface area contributed by atoms with E-state index in [1.165, 1.54) is 27.8 Å². The first kappa shape index (κ1) is 13.8. The fourth-order valence-corrected chi connectivity index (χ4v) is 2.59. The van der Waals surface area contributed by atoms with Crippen molar-refractivity contribution < 1.29 is 0 Å². The monoisotopic (exact) mass is 253 g/mol. The van der Waals surface area contributed by atoms with Crippen LogP contribution in [-0.2, 0) is 6.42 Å². The van der Waals surface area contributed by atoms with Crippen LogP contribution < -0.4 is 5.73 Å². The molecule has 0 saturated carbocycles. The van der Waals surface area contributed by atoms with Gasteiger partial charge in [0, 0.05) is 5.92 Å². The summed E-state index contributed by atoms with van der Waals surface area (Å²) in [5, 5.41) is 0. The van der Waals surface area contributed by atoms with E-state index in [1.807, 2.05) is 0 Å². The van der Waals surface area contributed by atoms with Gasteiger partial charge < -0.3 is 5.73 Å². The largest absolute Gasteiger partial charge is 0.330 e. The second-order valence-electron chi connectivity index (χ2n) is 5.54. The van der Waals surface area contributed by atoms with Crippen molar-refractivity contribution >= 4 is 0 Å². The van der Waals surface area contributed by atoms with Crippen LogP contribution >= 0.6 is 0 Å². The molecule has 0 aliphatic heterocycles. The molecule has 0 bridgehead atoms. The Morgan fingerprint density at radius 2 is 1.42 bits per heavy atom. The highest BCUT2D eigenvalue weighted by Crippen LogP contribution is 2.22. The lowest BCUT2D eigenvalue weighted by atomic mass is 9.90. The molecule has 0 heterocycles. The van der Waals surface area contributed by atoms with Gasteiger partial charge in [-0.05, 0) is 44.9 Å². The fraction of sp³-hybridized carbons (Fsp3) is 0.333. The highest BCUT2D eigenvalue weighted by molar-refractivity contribution is 5.33. The Bertz CT molecular complexity index is 520. The van der Waals surface area contributed by atoms with E-state index in [0.29, 0.717) is 12.5 Å². The molecule has 0 aliphatic rings. The molecule has 0 radical (unpaired) electrons. The molecule has 1 heteroatoms. The quantitative estimate of drug-likeness (QED) is 0.878. The van der Waals surface area contributed by atoms with E-state index in [4.69, 9.17) is 5.73 Å². The molecule has 0 aromatic heterocycles. The van der Waals surface area contributed by atoms with Crippen molar-refractivity contribution in [3.63, 3.8) is 0 Å². The Balaban J connectivity index is 2.22. The first-order chi connectivity index (χ1) is 9.08. The summed E-state index contributed by atoms with van der Waals surface area (Å²) in [6.45, 7) is 7.11. The summed E-state index contributed by atoms with van der Waals surface area (Å²) in [6, 6.07) is 15.5. The van der Waals surface area contributed by atoms with E-state index in [-0.39, 0.29) is 0 Å². The smallest absolute Gasteiger partial charge is 0.000177 e. The van der Waals surface area contributed by atoms with Crippen molar-refractivity contribution in [1.29, 1.82) is 0 Å². The maximum absolute atomic E-state index is 5.98. The van der Waals surface area contributed by atoms with Crippen molar-refractivity contribution in [1.82, 2.24) is 0 Å². The predicted octanol–water partition coefficient (Wildman–Crippen LogP) is 3.90. The van der Waals surface area contributed by atoms with E-state index in [1.54, 1.807) is 0 Å². The number of nitrogens with two attached hydrogens (primary N) is 1. The molecule has 0 spiro atoms. The third kappa shape index (κ3) is 3.68. The third-order valence-electron chi connectivity index (χ3n) is 3.60. The van der Waals surface area contributed by atoms with Crippen molar-refractivity contribution in [3.05, 3.63) is 70.3 Å². The predicted molar refractivity (Wildman–Crippen MR) is 82.6 cm³/mol. The van der Waals surface area contributed by atoms with Gasteiger partial charge in [0.25, 0.3) is 0 Å². The van der Waals surface area contributed by atoms with Crippen LogP contribution in [0.3, 0.4) is 0 Å². The average Bonchev–Trinajstić information content (AvgIpc) is 2.37. The van der Waals surface area contributed by atoms with Gasteiger partial charge in [0.15, 0.2) is 0 Å². The molecule has 1 unspecified atom stereocenters. The van der Waals surface area contributed by atoms with Crippen molar-refractivity contribution in [3.8, 4) is 0 Å². The Morgan fingerprint density at radius 3 is 1.95 bits per heavy atom. The zero-order chi connectivity index (χ0) is 13.8. The van der Waals surface area contributed by atoms with Crippen molar-refractivity contribution in [2.45, 2.75) is 33.1 Å². The molecule has 0 saturated heterocycles. The molecule has 0 amide bonds. The molecular formula is C18H23N. The molecule has 2 N–H and O–H groups in total. The maximum atomic E-state index is 5.98. The Labute approximate surface area is 116 Å². The molecule has 19 heavy (non-hydrogen) atoms. The van der Waals surface area contributed by atoms with Gasteiger partial charge in [-0.15, -0.1) is 0 Å². The molecule has 2 aromatic carbocycles. The van der Waals surface area contributed by atoms with Crippen LogP contribution in [0.5, 0.6) is 0 Å².